The number of rotatable bonds is 3. The Balaban J connectivity index is 2.14. The molecule has 0 spiro atoms. The molecular formula is C12H18N2S. The average Bonchev–Trinajstić information content (AvgIpc) is 2.71. The highest BCUT2D eigenvalue weighted by atomic mass is 32.2. The second-order valence-corrected chi connectivity index (χ2v) is 5.43. The van der Waals surface area contributed by atoms with Gasteiger partial charge in [0.25, 0.3) is 0 Å². The van der Waals surface area contributed by atoms with Crippen LogP contribution in [0.1, 0.15) is 36.9 Å². The standard InChI is InChI=1S/C12H18N2S/c1-9-6-7-10(8-13)12(14-9)15-11-4-2-3-5-11/h6-7,11H,2-5,8,13H2,1H3. The highest BCUT2D eigenvalue weighted by Gasteiger charge is 2.18. The van der Waals surface area contributed by atoms with Gasteiger partial charge in [-0.1, -0.05) is 18.9 Å². The Morgan fingerprint density at radius 1 is 1.40 bits per heavy atom. The van der Waals surface area contributed by atoms with Crippen LogP contribution in [-0.4, -0.2) is 10.2 Å². The van der Waals surface area contributed by atoms with Crippen molar-refractivity contribution in [3.8, 4) is 0 Å². The fraction of sp³-hybridized carbons (Fsp3) is 0.583. The molecule has 0 aromatic carbocycles. The summed E-state index contributed by atoms with van der Waals surface area (Å²) >= 11 is 1.93. The van der Waals surface area contributed by atoms with E-state index < -0.39 is 0 Å². The van der Waals surface area contributed by atoms with Crippen LogP contribution < -0.4 is 5.73 Å². The van der Waals surface area contributed by atoms with Crippen LogP contribution in [0, 0.1) is 6.92 Å². The highest BCUT2D eigenvalue weighted by Crippen LogP contribution is 2.35. The molecule has 1 aliphatic rings. The van der Waals surface area contributed by atoms with Crippen LogP contribution in [0.15, 0.2) is 17.2 Å². The van der Waals surface area contributed by atoms with Crippen LogP contribution >= 0.6 is 11.8 Å². The summed E-state index contributed by atoms with van der Waals surface area (Å²) in [6.45, 7) is 2.64. The lowest BCUT2D eigenvalue weighted by Crippen LogP contribution is -2.03. The fourth-order valence-corrected chi connectivity index (χ4v) is 3.37. The molecule has 1 aromatic heterocycles. The molecule has 1 saturated carbocycles. The van der Waals surface area contributed by atoms with E-state index in [2.05, 4.69) is 11.1 Å². The molecule has 0 amide bonds. The number of pyridine rings is 1. The van der Waals surface area contributed by atoms with Gasteiger partial charge in [-0.05, 0) is 31.4 Å². The zero-order chi connectivity index (χ0) is 10.7. The maximum atomic E-state index is 5.72. The third-order valence-electron chi connectivity index (χ3n) is 2.88. The molecule has 15 heavy (non-hydrogen) atoms. The Hall–Kier alpha value is -0.540. The van der Waals surface area contributed by atoms with Gasteiger partial charge in [-0.15, -0.1) is 11.8 Å². The van der Waals surface area contributed by atoms with Gasteiger partial charge in [-0.2, -0.15) is 0 Å². The minimum atomic E-state index is 0.600. The second kappa shape index (κ2) is 4.99. The van der Waals surface area contributed by atoms with Crippen LogP contribution in [0.25, 0.3) is 0 Å². The van der Waals surface area contributed by atoms with E-state index in [9.17, 15) is 0 Å². The molecule has 0 unspecified atom stereocenters. The summed E-state index contributed by atoms with van der Waals surface area (Å²) in [7, 11) is 0. The first-order valence-corrected chi connectivity index (χ1v) is 6.51. The van der Waals surface area contributed by atoms with Crippen molar-refractivity contribution in [2.75, 3.05) is 0 Å². The van der Waals surface area contributed by atoms with Crippen molar-refractivity contribution in [3.05, 3.63) is 23.4 Å². The number of nitrogens with zero attached hydrogens (tertiary/aromatic N) is 1. The Bertz CT molecular complexity index is 332. The van der Waals surface area contributed by atoms with Crippen LogP contribution in [0.5, 0.6) is 0 Å². The molecule has 0 radical (unpaired) electrons. The van der Waals surface area contributed by atoms with E-state index in [0.717, 1.165) is 16.0 Å². The van der Waals surface area contributed by atoms with Crippen molar-refractivity contribution in [1.82, 2.24) is 4.98 Å². The lowest BCUT2D eigenvalue weighted by Gasteiger charge is -2.11. The van der Waals surface area contributed by atoms with E-state index in [1.807, 2.05) is 24.8 Å². The highest BCUT2D eigenvalue weighted by molar-refractivity contribution is 7.99. The molecule has 0 aliphatic heterocycles. The SMILES string of the molecule is Cc1ccc(CN)c(SC2CCCC2)n1. The first-order chi connectivity index (χ1) is 7.29. The third kappa shape index (κ3) is 2.73. The number of hydrogen-bond acceptors (Lipinski definition) is 3. The van der Waals surface area contributed by atoms with E-state index in [-0.39, 0.29) is 0 Å². The van der Waals surface area contributed by atoms with E-state index in [1.54, 1.807) is 0 Å². The number of thioether (sulfide) groups is 1. The van der Waals surface area contributed by atoms with Gasteiger partial charge in [-0.25, -0.2) is 4.98 Å². The van der Waals surface area contributed by atoms with Gasteiger partial charge in [0.15, 0.2) is 0 Å². The Morgan fingerprint density at radius 3 is 2.80 bits per heavy atom. The minimum Gasteiger partial charge on any atom is -0.326 e. The summed E-state index contributed by atoms with van der Waals surface area (Å²) < 4.78 is 0. The normalized spacial score (nSPS) is 17.2. The van der Waals surface area contributed by atoms with Crippen molar-refractivity contribution in [3.63, 3.8) is 0 Å². The van der Waals surface area contributed by atoms with E-state index in [1.165, 1.54) is 31.2 Å². The molecule has 1 fully saturated rings. The summed E-state index contributed by atoms with van der Waals surface area (Å²) in [5, 5.41) is 1.92. The van der Waals surface area contributed by atoms with Crippen molar-refractivity contribution in [2.24, 2.45) is 5.73 Å². The smallest absolute Gasteiger partial charge is 0.101 e. The van der Waals surface area contributed by atoms with E-state index in [0.29, 0.717) is 6.54 Å². The van der Waals surface area contributed by atoms with Gasteiger partial charge in [0.05, 0.1) is 0 Å². The Kier molecular flexibility index (Phi) is 3.65. The summed E-state index contributed by atoms with van der Waals surface area (Å²) in [5.41, 5.74) is 8.00. The topological polar surface area (TPSA) is 38.9 Å². The molecule has 3 heteroatoms. The van der Waals surface area contributed by atoms with Crippen molar-refractivity contribution >= 4 is 11.8 Å². The summed E-state index contributed by atoms with van der Waals surface area (Å²) in [5.74, 6) is 0. The maximum Gasteiger partial charge on any atom is 0.101 e. The molecule has 1 aliphatic carbocycles. The lowest BCUT2D eigenvalue weighted by atomic mass is 10.2. The number of aromatic nitrogens is 1. The molecule has 0 atom stereocenters. The third-order valence-corrected chi connectivity index (χ3v) is 4.26. The molecule has 2 rings (SSSR count). The fourth-order valence-electron chi connectivity index (χ4n) is 1.98. The van der Waals surface area contributed by atoms with Gasteiger partial charge in [0, 0.05) is 17.5 Å². The predicted octanol–water partition coefficient (Wildman–Crippen LogP) is 2.88. The molecule has 1 aromatic rings. The molecular weight excluding hydrogens is 204 g/mol. The zero-order valence-electron chi connectivity index (χ0n) is 9.20. The van der Waals surface area contributed by atoms with Crippen LogP contribution in [-0.2, 0) is 6.54 Å². The molecule has 0 saturated heterocycles. The average molecular weight is 222 g/mol. The maximum absolute atomic E-state index is 5.72. The minimum absolute atomic E-state index is 0.600. The summed E-state index contributed by atoms with van der Waals surface area (Å²) in [6.07, 6.45) is 5.43. The van der Waals surface area contributed by atoms with Gasteiger partial charge >= 0.3 is 0 Å². The van der Waals surface area contributed by atoms with Crippen molar-refractivity contribution in [1.29, 1.82) is 0 Å². The molecule has 2 nitrogen and oxygen atoms in total. The molecule has 0 bridgehead atoms. The van der Waals surface area contributed by atoms with Crippen LogP contribution in [0.4, 0.5) is 0 Å². The van der Waals surface area contributed by atoms with Crippen LogP contribution in [0.2, 0.25) is 0 Å². The lowest BCUT2D eigenvalue weighted by molar-refractivity contribution is 0.886. The van der Waals surface area contributed by atoms with Gasteiger partial charge in [-0.3, -0.25) is 0 Å². The first kappa shape index (κ1) is 11.0. The zero-order valence-corrected chi connectivity index (χ0v) is 10.0. The van der Waals surface area contributed by atoms with Gasteiger partial charge < -0.3 is 5.73 Å². The molecule has 2 N–H and O–H groups in total. The molecule has 1 heterocycles. The summed E-state index contributed by atoms with van der Waals surface area (Å²) in [4.78, 5) is 4.59. The molecule has 82 valence electrons. The second-order valence-electron chi connectivity index (χ2n) is 4.15. The van der Waals surface area contributed by atoms with Gasteiger partial charge in [0.1, 0.15) is 5.03 Å². The number of hydrogen-bond donors (Lipinski definition) is 1. The predicted molar refractivity (Wildman–Crippen MR) is 65.0 cm³/mol. The van der Waals surface area contributed by atoms with Crippen LogP contribution in [0.3, 0.4) is 0 Å². The van der Waals surface area contributed by atoms with Crippen molar-refractivity contribution in [2.45, 2.75) is 49.4 Å². The quantitative estimate of drug-likeness (QED) is 0.854. The summed E-state index contributed by atoms with van der Waals surface area (Å²) in [6, 6.07) is 4.15. The van der Waals surface area contributed by atoms with E-state index >= 15 is 0 Å². The first-order valence-electron chi connectivity index (χ1n) is 5.63. The largest absolute Gasteiger partial charge is 0.326 e. The number of aryl methyl sites for hydroxylation is 1. The van der Waals surface area contributed by atoms with Gasteiger partial charge in [0.2, 0.25) is 0 Å². The van der Waals surface area contributed by atoms with Crippen molar-refractivity contribution < 1.29 is 0 Å². The number of nitrogens with two attached hydrogens (primary N) is 1. The Labute approximate surface area is 95.7 Å². The monoisotopic (exact) mass is 222 g/mol. The van der Waals surface area contributed by atoms with E-state index in [4.69, 9.17) is 5.73 Å². The Morgan fingerprint density at radius 2 is 2.13 bits per heavy atom.